The summed E-state index contributed by atoms with van der Waals surface area (Å²) in [6, 6.07) is 17.9. The van der Waals surface area contributed by atoms with E-state index in [4.69, 9.17) is 5.26 Å². The molecular weight excluding hydrogens is 479 g/mol. The smallest absolute Gasteiger partial charge is 0.252 e. The summed E-state index contributed by atoms with van der Waals surface area (Å²) in [5.74, 6) is 0.0790. The van der Waals surface area contributed by atoms with Crippen molar-refractivity contribution < 1.29 is 14.0 Å². The van der Waals surface area contributed by atoms with Gasteiger partial charge in [-0.05, 0) is 55.3 Å². The van der Waals surface area contributed by atoms with Crippen LogP contribution >= 0.6 is 11.8 Å². The number of nitriles is 1. The van der Waals surface area contributed by atoms with E-state index < -0.39 is 6.01 Å². The number of nitrogens with one attached hydrogen (secondary N) is 2. The molecule has 1 aromatic heterocycles. The maximum atomic E-state index is 12.4. The molecule has 1 saturated heterocycles. The molecule has 1 aliphatic heterocycles. The zero-order chi connectivity index (χ0) is 25.3. The summed E-state index contributed by atoms with van der Waals surface area (Å²) >= 11 is 0.771. The number of piperidine rings is 1. The Morgan fingerprint density at radius 2 is 1.81 bits per heavy atom. The number of hydrogen-bond donors (Lipinski definition) is 2. The molecule has 0 radical (unpaired) electrons. The second-order valence-corrected chi connectivity index (χ2v) is 9.10. The van der Waals surface area contributed by atoms with Crippen molar-refractivity contribution >= 4 is 40.1 Å². The van der Waals surface area contributed by atoms with Gasteiger partial charge in [0.25, 0.3) is 5.91 Å². The highest BCUT2D eigenvalue weighted by Crippen LogP contribution is 2.28. The van der Waals surface area contributed by atoms with Crippen molar-refractivity contribution in [1.82, 2.24) is 15.3 Å². The van der Waals surface area contributed by atoms with E-state index >= 15 is 0 Å². The van der Waals surface area contributed by atoms with Gasteiger partial charge in [-0.25, -0.2) is 14.4 Å². The number of carbonyl (C=O) groups excluding carboxylic acids is 2. The molecule has 1 aliphatic rings. The lowest BCUT2D eigenvalue weighted by molar-refractivity contribution is -0.114. The average molecular weight is 505 g/mol. The Morgan fingerprint density at radius 3 is 2.47 bits per heavy atom. The summed E-state index contributed by atoms with van der Waals surface area (Å²) in [5, 5.41) is 14.3. The predicted molar refractivity (Wildman–Crippen MR) is 139 cm³/mol. The van der Waals surface area contributed by atoms with Crippen LogP contribution in [0, 0.1) is 17.2 Å². The molecule has 0 bridgehead atoms. The number of amides is 1. The first-order valence-electron chi connectivity index (χ1n) is 11.5. The maximum absolute atomic E-state index is 12.4. The molecule has 4 rings (SSSR count). The molecule has 184 valence electrons. The second-order valence-electron chi connectivity index (χ2n) is 8.19. The molecule has 0 unspecified atom stereocenters. The number of anilines is 3. The van der Waals surface area contributed by atoms with E-state index in [0.717, 1.165) is 54.6 Å². The van der Waals surface area contributed by atoms with Crippen molar-refractivity contribution in [3.63, 3.8) is 0 Å². The summed E-state index contributed by atoms with van der Waals surface area (Å²) < 4.78 is 12.4. The molecule has 8 nitrogen and oxygen atoms in total. The van der Waals surface area contributed by atoms with E-state index in [1.807, 2.05) is 30.3 Å². The minimum absolute atomic E-state index is 0.0388. The summed E-state index contributed by atoms with van der Waals surface area (Å²) in [5.41, 5.74) is 3.91. The highest BCUT2D eigenvalue weighted by Gasteiger charge is 2.25. The molecular formula is C26H25FN6O2S. The van der Waals surface area contributed by atoms with Gasteiger partial charge in [0.15, 0.2) is 5.12 Å². The molecule has 10 heteroatoms. The monoisotopic (exact) mass is 504 g/mol. The summed E-state index contributed by atoms with van der Waals surface area (Å²) in [4.78, 5) is 35.0. The molecule has 0 aliphatic carbocycles. The fourth-order valence-electron chi connectivity index (χ4n) is 4.02. The lowest BCUT2D eigenvalue weighted by Gasteiger charge is -2.32. The summed E-state index contributed by atoms with van der Waals surface area (Å²) in [7, 11) is 0. The van der Waals surface area contributed by atoms with Crippen LogP contribution in [0.5, 0.6) is 0 Å². The van der Waals surface area contributed by atoms with Gasteiger partial charge in [-0.1, -0.05) is 23.9 Å². The number of benzene rings is 2. The van der Waals surface area contributed by atoms with Crippen molar-refractivity contribution in [3.8, 4) is 17.3 Å². The molecule has 36 heavy (non-hydrogen) atoms. The fourth-order valence-corrected chi connectivity index (χ4v) is 4.60. The van der Waals surface area contributed by atoms with E-state index in [-0.39, 0.29) is 23.5 Å². The van der Waals surface area contributed by atoms with Crippen molar-refractivity contribution in [1.29, 1.82) is 5.26 Å². The first-order valence-corrected chi connectivity index (χ1v) is 12.5. The number of rotatable bonds is 8. The molecule has 2 heterocycles. The van der Waals surface area contributed by atoms with Crippen molar-refractivity contribution in [3.05, 3.63) is 66.4 Å². The average Bonchev–Trinajstić information content (AvgIpc) is 2.92. The van der Waals surface area contributed by atoms with Crippen LogP contribution in [0.3, 0.4) is 0 Å². The van der Waals surface area contributed by atoms with Gasteiger partial charge in [0, 0.05) is 47.7 Å². The summed E-state index contributed by atoms with van der Waals surface area (Å²) in [6.45, 7) is 1.49. The van der Waals surface area contributed by atoms with Crippen LogP contribution in [-0.2, 0) is 4.79 Å². The Kier molecular flexibility index (Phi) is 8.47. The Labute approximate surface area is 212 Å². The van der Waals surface area contributed by atoms with E-state index in [2.05, 4.69) is 25.5 Å². The molecule has 0 spiro atoms. The minimum Gasteiger partial charge on any atom is -0.371 e. The number of alkyl halides is 1. The Balaban J connectivity index is 1.36. The van der Waals surface area contributed by atoms with Crippen molar-refractivity contribution in [2.24, 2.45) is 5.92 Å². The molecule has 1 fully saturated rings. The lowest BCUT2D eigenvalue weighted by Crippen LogP contribution is -2.35. The summed E-state index contributed by atoms with van der Waals surface area (Å²) in [6.07, 6.45) is 3.13. The normalized spacial score (nSPS) is 13.6. The number of carbonyl (C=O) groups is 2. The molecule has 3 aromatic rings. The largest absolute Gasteiger partial charge is 0.371 e. The van der Waals surface area contributed by atoms with Gasteiger partial charge in [0.05, 0.1) is 11.8 Å². The lowest BCUT2D eigenvalue weighted by atomic mass is 9.98. The van der Waals surface area contributed by atoms with E-state index in [1.165, 1.54) is 0 Å². The number of aromatic nitrogens is 2. The number of halogens is 1. The standard InChI is InChI=1S/C26H25FN6O2S/c27-17-36-25(35)20-10-15-33(16-11-20)22-7-5-21(6-8-22)31-26-30-13-9-23(32-26)18-1-3-19(4-2-18)24(34)29-14-12-28/h1-9,13,20H,10-11,14-17H2,(H,29,34)(H,30,31,32). The number of nitrogens with zero attached hydrogens (tertiary/aromatic N) is 4. The van der Waals surface area contributed by atoms with E-state index in [1.54, 1.807) is 36.5 Å². The van der Waals surface area contributed by atoms with Gasteiger partial charge in [-0.15, -0.1) is 0 Å². The van der Waals surface area contributed by atoms with Gasteiger partial charge in [0.2, 0.25) is 5.95 Å². The van der Waals surface area contributed by atoms with Crippen LogP contribution in [-0.4, -0.2) is 46.6 Å². The third kappa shape index (κ3) is 6.37. The molecule has 0 saturated carbocycles. The SMILES string of the molecule is N#CCNC(=O)c1ccc(-c2ccnc(Nc3ccc(N4CCC(C(=O)SCF)CC4)cc3)n2)cc1. The minimum atomic E-state index is -0.657. The Bertz CT molecular complexity index is 1240. The zero-order valence-corrected chi connectivity index (χ0v) is 20.3. The van der Waals surface area contributed by atoms with Crippen LogP contribution in [0.15, 0.2) is 60.8 Å². The maximum Gasteiger partial charge on any atom is 0.252 e. The van der Waals surface area contributed by atoms with Crippen LogP contribution in [0.4, 0.5) is 21.7 Å². The number of hydrogen-bond acceptors (Lipinski definition) is 8. The second kappa shape index (κ2) is 12.1. The third-order valence-corrected chi connectivity index (χ3v) is 6.67. The van der Waals surface area contributed by atoms with E-state index in [9.17, 15) is 14.0 Å². The van der Waals surface area contributed by atoms with Crippen LogP contribution in [0.1, 0.15) is 23.2 Å². The molecule has 1 amide bonds. The molecule has 2 aromatic carbocycles. The number of thioether (sulfide) groups is 1. The highest BCUT2D eigenvalue weighted by molar-refractivity contribution is 8.13. The van der Waals surface area contributed by atoms with Crippen LogP contribution in [0.25, 0.3) is 11.3 Å². The van der Waals surface area contributed by atoms with Crippen molar-refractivity contribution in [2.75, 3.05) is 35.9 Å². The molecule has 2 N–H and O–H groups in total. The van der Waals surface area contributed by atoms with Gasteiger partial charge < -0.3 is 15.5 Å². The molecule has 0 atom stereocenters. The van der Waals surface area contributed by atoms with Gasteiger partial charge in [-0.3, -0.25) is 9.59 Å². The van der Waals surface area contributed by atoms with Crippen molar-refractivity contribution in [2.45, 2.75) is 12.8 Å². The highest BCUT2D eigenvalue weighted by atomic mass is 32.2. The van der Waals surface area contributed by atoms with Crippen LogP contribution < -0.4 is 15.5 Å². The van der Waals surface area contributed by atoms with Gasteiger partial charge in [0.1, 0.15) is 12.6 Å². The fraction of sp³-hybridized carbons (Fsp3) is 0.269. The first kappa shape index (κ1) is 25.1. The predicted octanol–water partition coefficient (Wildman–Crippen LogP) is 4.54. The van der Waals surface area contributed by atoms with Gasteiger partial charge >= 0.3 is 0 Å². The Hall–Kier alpha value is -3.97. The topological polar surface area (TPSA) is 111 Å². The third-order valence-electron chi connectivity index (χ3n) is 5.94. The Morgan fingerprint density at radius 1 is 1.08 bits per heavy atom. The first-order chi connectivity index (χ1) is 17.6. The quantitative estimate of drug-likeness (QED) is 0.430. The van der Waals surface area contributed by atoms with Gasteiger partial charge in [-0.2, -0.15) is 5.26 Å². The van der Waals surface area contributed by atoms with E-state index in [0.29, 0.717) is 17.2 Å². The van der Waals surface area contributed by atoms with Crippen LogP contribution in [0.2, 0.25) is 0 Å². The zero-order valence-electron chi connectivity index (χ0n) is 19.5.